The van der Waals surface area contributed by atoms with Crippen LogP contribution < -0.4 is 0 Å². The Hall–Kier alpha value is -1.60. The average Bonchev–Trinajstić information content (AvgIpc) is 2.72. The summed E-state index contributed by atoms with van der Waals surface area (Å²) in [5, 5.41) is 10.6. The van der Waals surface area contributed by atoms with Gasteiger partial charge in [-0.3, -0.25) is 0 Å². The minimum absolute atomic E-state index is 0.464. The molecular weight excluding hydrogens is 182 g/mol. The van der Waals surface area contributed by atoms with Gasteiger partial charge >= 0.3 is 0 Å². The summed E-state index contributed by atoms with van der Waals surface area (Å²) in [5.74, 6) is 0.853. The normalized spacial score (nSPS) is 9.85. The van der Waals surface area contributed by atoms with Crippen molar-refractivity contribution in [3.05, 3.63) is 29.4 Å². The predicted molar refractivity (Wildman–Crippen MR) is 51.2 cm³/mol. The highest BCUT2D eigenvalue weighted by atomic mass is 32.1. The molecule has 0 aliphatic heterocycles. The molecule has 0 atom stereocenters. The first kappa shape index (κ1) is 8.02. The molecule has 64 valence electrons. The van der Waals surface area contributed by atoms with Gasteiger partial charge in [0.15, 0.2) is 11.5 Å². The third-order valence-corrected chi connectivity index (χ3v) is 2.60. The molecule has 4 heteroatoms. The smallest absolute Gasteiger partial charge is 0.159 e. The van der Waals surface area contributed by atoms with E-state index >= 15 is 0 Å². The van der Waals surface area contributed by atoms with Crippen molar-refractivity contribution in [2.75, 3.05) is 0 Å². The number of rotatable bonds is 1. The van der Waals surface area contributed by atoms with Crippen LogP contribution in [0.2, 0.25) is 0 Å². The first-order valence-corrected chi connectivity index (χ1v) is 4.66. The molecule has 0 N–H and O–H groups in total. The summed E-state index contributed by atoms with van der Waals surface area (Å²) in [4.78, 5) is 5.27. The van der Waals surface area contributed by atoms with E-state index in [1.165, 1.54) is 0 Å². The second kappa shape index (κ2) is 3.04. The van der Waals surface area contributed by atoms with E-state index in [2.05, 4.69) is 4.98 Å². The second-order valence-corrected chi connectivity index (χ2v) is 3.60. The molecule has 0 aliphatic carbocycles. The fourth-order valence-electron chi connectivity index (χ4n) is 1.15. The molecule has 2 aromatic rings. The van der Waals surface area contributed by atoms with Gasteiger partial charge in [0.2, 0.25) is 0 Å². The SMILES string of the molecule is Cn1cc(C#N)nc1-c1cccs1. The maximum Gasteiger partial charge on any atom is 0.159 e. The summed E-state index contributed by atoms with van der Waals surface area (Å²) >= 11 is 1.62. The highest BCUT2D eigenvalue weighted by Crippen LogP contribution is 2.22. The minimum atomic E-state index is 0.464. The summed E-state index contributed by atoms with van der Waals surface area (Å²) < 4.78 is 1.87. The van der Waals surface area contributed by atoms with Crippen LogP contribution in [-0.4, -0.2) is 9.55 Å². The first-order valence-electron chi connectivity index (χ1n) is 3.78. The molecule has 0 saturated carbocycles. The third kappa shape index (κ3) is 1.34. The van der Waals surface area contributed by atoms with Crippen LogP contribution in [0.1, 0.15) is 5.69 Å². The van der Waals surface area contributed by atoms with Crippen molar-refractivity contribution in [3.63, 3.8) is 0 Å². The molecule has 13 heavy (non-hydrogen) atoms. The van der Waals surface area contributed by atoms with Crippen molar-refractivity contribution in [1.82, 2.24) is 9.55 Å². The highest BCUT2D eigenvalue weighted by molar-refractivity contribution is 7.13. The molecule has 3 nitrogen and oxygen atoms in total. The Morgan fingerprint density at radius 3 is 3.00 bits per heavy atom. The number of nitrogens with zero attached hydrogens (tertiary/aromatic N) is 3. The van der Waals surface area contributed by atoms with Gasteiger partial charge in [-0.15, -0.1) is 11.3 Å². The van der Waals surface area contributed by atoms with Gasteiger partial charge in [0.05, 0.1) is 4.88 Å². The van der Waals surface area contributed by atoms with Crippen molar-refractivity contribution in [2.45, 2.75) is 0 Å². The Kier molecular flexibility index (Phi) is 1.87. The van der Waals surface area contributed by atoms with E-state index in [4.69, 9.17) is 5.26 Å². The Bertz CT molecular complexity index is 448. The van der Waals surface area contributed by atoms with E-state index in [1.54, 1.807) is 17.5 Å². The van der Waals surface area contributed by atoms with Gasteiger partial charge in [0.25, 0.3) is 0 Å². The van der Waals surface area contributed by atoms with Crippen LogP contribution in [0.4, 0.5) is 0 Å². The lowest BCUT2D eigenvalue weighted by Crippen LogP contribution is -1.87. The lowest BCUT2D eigenvalue weighted by Gasteiger charge is -1.94. The number of imidazole rings is 1. The fourth-order valence-corrected chi connectivity index (χ4v) is 1.91. The molecule has 0 bridgehead atoms. The monoisotopic (exact) mass is 189 g/mol. The number of thiophene rings is 1. The maximum atomic E-state index is 8.65. The summed E-state index contributed by atoms with van der Waals surface area (Å²) in [5.41, 5.74) is 0.464. The van der Waals surface area contributed by atoms with Crippen LogP contribution in [0, 0.1) is 11.3 Å². The molecule has 2 heterocycles. The molecule has 0 aromatic carbocycles. The summed E-state index contributed by atoms with van der Waals surface area (Å²) in [6.07, 6.45) is 1.73. The number of hydrogen-bond donors (Lipinski definition) is 0. The Balaban J connectivity index is 2.54. The maximum absolute atomic E-state index is 8.65. The largest absolute Gasteiger partial charge is 0.332 e. The van der Waals surface area contributed by atoms with Gasteiger partial charge in [0, 0.05) is 13.2 Å². The zero-order chi connectivity index (χ0) is 9.26. The van der Waals surface area contributed by atoms with Gasteiger partial charge in [-0.05, 0) is 11.4 Å². The number of aryl methyl sites for hydroxylation is 1. The first-order chi connectivity index (χ1) is 6.31. The topological polar surface area (TPSA) is 41.6 Å². The van der Waals surface area contributed by atoms with Gasteiger partial charge < -0.3 is 4.57 Å². The summed E-state index contributed by atoms with van der Waals surface area (Å²) in [7, 11) is 1.89. The van der Waals surface area contributed by atoms with Crippen LogP contribution in [0.3, 0.4) is 0 Å². The van der Waals surface area contributed by atoms with Gasteiger partial charge in [0.1, 0.15) is 6.07 Å². The zero-order valence-electron chi connectivity index (χ0n) is 7.06. The van der Waals surface area contributed by atoms with Crippen LogP contribution in [0.25, 0.3) is 10.7 Å². The van der Waals surface area contributed by atoms with Gasteiger partial charge in [-0.1, -0.05) is 6.07 Å². The molecular formula is C9H7N3S. The standard InChI is InChI=1S/C9H7N3S/c1-12-6-7(5-10)11-9(12)8-3-2-4-13-8/h2-4,6H,1H3. The highest BCUT2D eigenvalue weighted by Gasteiger charge is 2.07. The lowest BCUT2D eigenvalue weighted by molar-refractivity contribution is 0.927. The number of aromatic nitrogens is 2. The minimum Gasteiger partial charge on any atom is -0.332 e. The Labute approximate surface area is 79.9 Å². The van der Waals surface area contributed by atoms with E-state index in [0.29, 0.717) is 5.69 Å². The summed E-state index contributed by atoms with van der Waals surface area (Å²) in [6.45, 7) is 0. The van der Waals surface area contributed by atoms with Crippen molar-refractivity contribution in [1.29, 1.82) is 5.26 Å². The zero-order valence-corrected chi connectivity index (χ0v) is 7.88. The molecule has 0 saturated heterocycles. The van der Waals surface area contributed by atoms with E-state index in [-0.39, 0.29) is 0 Å². The van der Waals surface area contributed by atoms with E-state index in [1.807, 2.05) is 35.2 Å². The van der Waals surface area contributed by atoms with Crippen molar-refractivity contribution < 1.29 is 0 Å². The molecule has 0 aliphatic rings. The molecule has 0 spiro atoms. The van der Waals surface area contributed by atoms with E-state index in [0.717, 1.165) is 10.7 Å². The third-order valence-electron chi connectivity index (χ3n) is 1.73. The van der Waals surface area contributed by atoms with E-state index in [9.17, 15) is 0 Å². The van der Waals surface area contributed by atoms with Crippen LogP contribution >= 0.6 is 11.3 Å². The molecule has 0 fully saturated rings. The van der Waals surface area contributed by atoms with Crippen molar-refractivity contribution >= 4 is 11.3 Å². The average molecular weight is 189 g/mol. The Morgan fingerprint density at radius 1 is 1.62 bits per heavy atom. The van der Waals surface area contributed by atoms with Crippen molar-refractivity contribution in [2.24, 2.45) is 7.05 Å². The van der Waals surface area contributed by atoms with Crippen LogP contribution in [0.15, 0.2) is 23.7 Å². The van der Waals surface area contributed by atoms with Crippen molar-refractivity contribution in [3.8, 4) is 16.8 Å². The molecule has 0 amide bonds. The van der Waals surface area contributed by atoms with Crippen LogP contribution in [-0.2, 0) is 7.05 Å². The molecule has 2 aromatic heterocycles. The summed E-state index contributed by atoms with van der Waals surface area (Å²) in [6, 6.07) is 5.99. The predicted octanol–water partition coefficient (Wildman–Crippen LogP) is 2.02. The number of nitriles is 1. The Morgan fingerprint density at radius 2 is 2.46 bits per heavy atom. The molecule has 0 radical (unpaired) electrons. The quantitative estimate of drug-likeness (QED) is 0.688. The molecule has 2 rings (SSSR count). The van der Waals surface area contributed by atoms with Gasteiger partial charge in [-0.2, -0.15) is 5.26 Å². The fraction of sp³-hybridized carbons (Fsp3) is 0.111. The lowest BCUT2D eigenvalue weighted by atomic mass is 10.4. The van der Waals surface area contributed by atoms with Crippen LogP contribution in [0.5, 0.6) is 0 Å². The number of hydrogen-bond acceptors (Lipinski definition) is 3. The second-order valence-electron chi connectivity index (χ2n) is 2.65. The van der Waals surface area contributed by atoms with Gasteiger partial charge in [-0.25, -0.2) is 4.98 Å². The molecule has 0 unspecified atom stereocenters. The van der Waals surface area contributed by atoms with E-state index < -0.39 is 0 Å².